The number of likely N-dealkylation sites (tertiary alicyclic amines) is 1. The maximum atomic E-state index is 10.1. The molecule has 3 nitrogen and oxygen atoms in total. The first-order valence-electron chi connectivity index (χ1n) is 6.33. The highest BCUT2D eigenvalue weighted by Crippen LogP contribution is 2.30. The Balaban J connectivity index is 1.90. The van der Waals surface area contributed by atoms with Gasteiger partial charge in [0.15, 0.2) is 0 Å². The van der Waals surface area contributed by atoms with Crippen molar-refractivity contribution in [1.82, 2.24) is 4.90 Å². The third kappa shape index (κ3) is 3.05. The van der Waals surface area contributed by atoms with E-state index in [0.29, 0.717) is 0 Å². The average molecular weight is 314 g/mol. The number of hydrogen-bond acceptors (Lipinski definition) is 3. The Labute approximate surface area is 117 Å². The maximum absolute atomic E-state index is 10.1. The number of aliphatic hydroxyl groups is 1. The SMILES string of the molecule is CCCC1(O)CN(Cc2ccc(OC)c(Br)c2)C1. The Kier molecular flexibility index (Phi) is 4.30. The summed E-state index contributed by atoms with van der Waals surface area (Å²) in [6, 6.07) is 6.12. The predicted octanol–water partition coefficient (Wildman–Crippen LogP) is 2.80. The Morgan fingerprint density at radius 2 is 2.17 bits per heavy atom. The molecule has 0 amide bonds. The number of rotatable bonds is 5. The van der Waals surface area contributed by atoms with Crippen molar-refractivity contribution >= 4 is 15.9 Å². The number of benzene rings is 1. The average Bonchev–Trinajstić information content (AvgIpc) is 2.27. The summed E-state index contributed by atoms with van der Waals surface area (Å²) in [5.41, 5.74) is 0.791. The zero-order chi connectivity index (χ0) is 13.2. The van der Waals surface area contributed by atoms with Crippen LogP contribution in [0.2, 0.25) is 0 Å². The van der Waals surface area contributed by atoms with Gasteiger partial charge in [0.1, 0.15) is 5.75 Å². The molecule has 1 N–H and O–H groups in total. The van der Waals surface area contributed by atoms with Crippen LogP contribution in [0.5, 0.6) is 5.75 Å². The first-order chi connectivity index (χ1) is 8.56. The van der Waals surface area contributed by atoms with Gasteiger partial charge in [-0.25, -0.2) is 0 Å². The van der Waals surface area contributed by atoms with Crippen LogP contribution in [-0.4, -0.2) is 35.8 Å². The zero-order valence-corrected chi connectivity index (χ0v) is 12.5. The molecule has 0 saturated carbocycles. The van der Waals surface area contributed by atoms with Crippen molar-refractivity contribution < 1.29 is 9.84 Å². The van der Waals surface area contributed by atoms with Crippen molar-refractivity contribution in [3.8, 4) is 5.75 Å². The normalized spacial score (nSPS) is 18.4. The van der Waals surface area contributed by atoms with Crippen LogP contribution in [0, 0.1) is 0 Å². The van der Waals surface area contributed by atoms with E-state index in [0.717, 1.165) is 42.7 Å². The fraction of sp³-hybridized carbons (Fsp3) is 0.571. The predicted molar refractivity (Wildman–Crippen MR) is 75.8 cm³/mol. The van der Waals surface area contributed by atoms with E-state index in [1.165, 1.54) is 5.56 Å². The van der Waals surface area contributed by atoms with Crippen LogP contribution >= 0.6 is 15.9 Å². The number of methoxy groups -OCH3 is 1. The lowest BCUT2D eigenvalue weighted by Crippen LogP contribution is -2.60. The van der Waals surface area contributed by atoms with Crippen LogP contribution in [0.25, 0.3) is 0 Å². The fourth-order valence-electron chi connectivity index (χ4n) is 2.59. The van der Waals surface area contributed by atoms with Crippen LogP contribution < -0.4 is 4.74 Å². The van der Waals surface area contributed by atoms with Gasteiger partial charge in [0, 0.05) is 19.6 Å². The molecule has 100 valence electrons. The summed E-state index contributed by atoms with van der Waals surface area (Å²) in [6.45, 7) is 4.56. The van der Waals surface area contributed by atoms with E-state index < -0.39 is 5.60 Å². The van der Waals surface area contributed by atoms with Crippen molar-refractivity contribution in [3.05, 3.63) is 28.2 Å². The van der Waals surface area contributed by atoms with Gasteiger partial charge in [-0.15, -0.1) is 0 Å². The molecule has 2 rings (SSSR count). The fourth-order valence-corrected chi connectivity index (χ4v) is 3.18. The molecule has 1 fully saturated rings. The summed E-state index contributed by atoms with van der Waals surface area (Å²) in [4.78, 5) is 2.27. The van der Waals surface area contributed by atoms with Gasteiger partial charge in [-0.3, -0.25) is 4.90 Å². The summed E-state index contributed by atoms with van der Waals surface area (Å²) >= 11 is 3.49. The van der Waals surface area contributed by atoms with Crippen LogP contribution in [0.4, 0.5) is 0 Å². The van der Waals surface area contributed by atoms with Gasteiger partial charge in [-0.2, -0.15) is 0 Å². The molecule has 1 aliphatic rings. The first-order valence-corrected chi connectivity index (χ1v) is 7.13. The second-order valence-electron chi connectivity index (χ2n) is 5.09. The molecule has 0 aliphatic carbocycles. The molecule has 0 spiro atoms. The third-order valence-corrected chi connectivity index (χ3v) is 3.99. The Hall–Kier alpha value is -0.580. The van der Waals surface area contributed by atoms with Gasteiger partial charge < -0.3 is 9.84 Å². The third-order valence-electron chi connectivity index (χ3n) is 3.37. The molecule has 1 saturated heterocycles. The molecule has 0 radical (unpaired) electrons. The van der Waals surface area contributed by atoms with Gasteiger partial charge in [0.05, 0.1) is 17.2 Å². The summed E-state index contributed by atoms with van der Waals surface area (Å²) in [5.74, 6) is 0.852. The van der Waals surface area contributed by atoms with Crippen molar-refractivity contribution in [2.75, 3.05) is 20.2 Å². The number of halogens is 1. The second-order valence-corrected chi connectivity index (χ2v) is 5.94. The van der Waals surface area contributed by atoms with Crippen molar-refractivity contribution in [2.24, 2.45) is 0 Å². The van der Waals surface area contributed by atoms with E-state index in [1.807, 2.05) is 6.07 Å². The summed E-state index contributed by atoms with van der Waals surface area (Å²) in [5, 5.41) is 10.1. The highest BCUT2D eigenvalue weighted by Gasteiger charge is 2.39. The minimum absolute atomic E-state index is 0.446. The maximum Gasteiger partial charge on any atom is 0.133 e. The van der Waals surface area contributed by atoms with Crippen molar-refractivity contribution in [3.63, 3.8) is 0 Å². The number of β-amino-alcohol motifs (C(OH)–C–C–N with tert-alkyl or cyclic N) is 1. The molecule has 1 aromatic carbocycles. The Bertz CT molecular complexity index is 416. The summed E-state index contributed by atoms with van der Waals surface area (Å²) < 4.78 is 6.19. The Morgan fingerprint density at radius 1 is 1.44 bits per heavy atom. The van der Waals surface area contributed by atoms with Gasteiger partial charge in [-0.1, -0.05) is 19.4 Å². The number of hydrogen-bond donors (Lipinski definition) is 1. The summed E-state index contributed by atoms with van der Waals surface area (Å²) in [7, 11) is 1.67. The lowest BCUT2D eigenvalue weighted by molar-refractivity contribution is -0.106. The van der Waals surface area contributed by atoms with Crippen LogP contribution in [0.15, 0.2) is 22.7 Å². The molecule has 0 unspecified atom stereocenters. The quantitative estimate of drug-likeness (QED) is 0.907. The minimum Gasteiger partial charge on any atom is -0.496 e. The van der Waals surface area contributed by atoms with Crippen LogP contribution in [-0.2, 0) is 6.54 Å². The van der Waals surface area contributed by atoms with E-state index in [2.05, 4.69) is 39.9 Å². The van der Waals surface area contributed by atoms with E-state index >= 15 is 0 Å². The zero-order valence-electron chi connectivity index (χ0n) is 10.9. The summed E-state index contributed by atoms with van der Waals surface area (Å²) in [6.07, 6.45) is 1.94. The molecule has 18 heavy (non-hydrogen) atoms. The van der Waals surface area contributed by atoms with Gasteiger partial charge in [0.25, 0.3) is 0 Å². The van der Waals surface area contributed by atoms with E-state index in [4.69, 9.17) is 4.74 Å². The van der Waals surface area contributed by atoms with Crippen LogP contribution in [0.1, 0.15) is 25.3 Å². The molecule has 0 bridgehead atoms. The molecule has 1 aliphatic heterocycles. The largest absolute Gasteiger partial charge is 0.496 e. The molecule has 1 aromatic rings. The first kappa shape index (κ1) is 13.8. The topological polar surface area (TPSA) is 32.7 Å². The van der Waals surface area contributed by atoms with E-state index in [9.17, 15) is 5.11 Å². The minimum atomic E-state index is -0.446. The number of ether oxygens (including phenoxy) is 1. The molecule has 1 heterocycles. The smallest absolute Gasteiger partial charge is 0.133 e. The standard InChI is InChI=1S/C14H20BrNO2/c1-3-6-14(17)9-16(10-14)8-11-4-5-13(18-2)12(15)7-11/h4-5,7,17H,3,6,8-10H2,1-2H3. The van der Waals surface area contributed by atoms with E-state index in [1.54, 1.807) is 7.11 Å². The van der Waals surface area contributed by atoms with Crippen LogP contribution in [0.3, 0.4) is 0 Å². The van der Waals surface area contributed by atoms with Gasteiger partial charge in [0.2, 0.25) is 0 Å². The van der Waals surface area contributed by atoms with Crippen molar-refractivity contribution in [1.29, 1.82) is 0 Å². The highest BCUT2D eigenvalue weighted by atomic mass is 79.9. The molecule has 0 atom stereocenters. The number of nitrogens with zero attached hydrogens (tertiary/aromatic N) is 1. The molecular formula is C14H20BrNO2. The monoisotopic (exact) mass is 313 g/mol. The highest BCUT2D eigenvalue weighted by molar-refractivity contribution is 9.10. The molecule has 0 aromatic heterocycles. The van der Waals surface area contributed by atoms with Gasteiger partial charge in [-0.05, 0) is 40.0 Å². The van der Waals surface area contributed by atoms with Gasteiger partial charge >= 0.3 is 0 Å². The second kappa shape index (κ2) is 5.59. The molecule has 4 heteroatoms. The van der Waals surface area contributed by atoms with Crippen molar-refractivity contribution in [2.45, 2.75) is 31.9 Å². The molecular weight excluding hydrogens is 294 g/mol. The lowest BCUT2D eigenvalue weighted by atomic mass is 9.89. The van der Waals surface area contributed by atoms with E-state index in [-0.39, 0.29) is 0 Å². The Morgan fingerprint density at radius 3 is 2.72 bits per heavy atom. The lowest BCUT2D eigenvalue weighted by Gasteiger charge is -2.46.